The van der Waals surface area contributed by atoms with E-state index in [2.05, 4.69) is 48.3 Å². The molecule has 6 heteroatoms. The first-order chi connectivity index (χ1) is 12.6. The number of halogens is 1. The molecule has 0 radical (unpaired) electrons. The van der Waals surface area contributed by atoms with E-state index in [9.17, 15) is 0 Å². The largest absolute Gasteiger partial charge is 0.497 e. The summed E-state index contributed by atoms with van der Waals surface area (Å²) in [6, 6.07) is 8.31. The summed E-state index contributed by atoms with van der Waals surface area (Å²) in [6.45, 7) is 9.62. The Morgan fingerprint density at radius 3 is 2.89 bits per heavy atom. The van der Waals surface area contributed by atoms with Gasteiger partial charge in [0.15, 0.2) is 5.96 Å². The van der Waals surface area contributed by atoms with Gasteiger partial charge in [0.25, 0.3) is 0 Å². The SMILES string of the molecule is CCNC(=NCC1(C)CCOC1)N1CC=C(c2cccc(OC)c2)CC1.I. The van der Waals surface area contributed by atoms with E-state index in [4.69, 9.17) is 14.5 Å². The summed E-state index contributed by atoms with van der Waals surface area (Å²) < 4.78 is 10.9. The Balaban J connectivity index is 0.00000261. The maximum atomic E-state index is 5.56. The van der Waals surface area contributed by atoms with Crippen molar-refractivity contribution in [2.24, 2.45) is 10.4 Å². The number of rotatable bonds is 5. The molecule has 3 rings (SSSR count). The molecule has 0 bridgehead atoms. The van der Waals surface area contributed by atoms with E-state index in [-0.39, 0.29) is 29.4 Å². The number of hydrogen-bond donors (Lipinski definition) is 1. The van der Waals surface area contributed by atoms with Gasteiger partial charge in [-0.05, 0) is 43.0 Å². The summed E-state index contributed by atoms with van der Waals surface area (Å²) >= 11 is 0. The van der Waals surface area contributed by atoms with Crippen molar-refractivity contribution in [3.05, 3.63) is 35.9 Å². The molecule has 1 saturated heterocycles. The van der Waals surface area contributed by atoms with Gasteiger partial charge in [0.2, 0.25) is 0 Å². The number of nitrogens with zero attached hydrogens (tertiary/aromatic N) is 2. The molecule has 27 heavy (non-hydrogen) atoms. The molecule has 2 aliphatic heterocycles. The lowest BCUT2D eigenvalue weighted by atomic mass is 9.90. The number of aliphatic imine (C=N–C) groups is 1. The quantitative estimate of drug-likeness (QED) is 0.392. The number of benzene rings is 1. The normalized spacial score (nSPS) is 22.9. The van der Waals surface area contributed by atoms with E-state index in [1.54, 1.807) is 7.11 Å². The molecule has 1 fully saturated rings. The molecule has 0 amide bonds. The van der Waals surface area contributed by atoms with Gasteiger partial charge in [-0.25, -0.2) is 0 Å². The Bertz CT molecular complexity index is 669. The van der Waals surface area contributed by atoms with Crippen LogP contribution < -0.4 is 10.1 Å². The molecular formula is C21H32IN3O2. The second-order valence-electron chi connectivity index (χ2n) is 7.44. The lowest BCUT2D eigenvalue weighted by Gasteiger charge is -2.31. The van der Waals surface area contributed by atoms with Crippen LogP contribution in [0.15, 0.2) is 35.3 Å². The van der Waals surface area contributed by atoms with E-state index >= 15 is 0 Å². The van der Waals surface area contributed by atoms with Gasteiger partial charge in [-0.2, -0.15) is 0 Å². The van der Waals surface area contributed by atoms with Gasteiger partial charge >= 0.3 is 0 Å². The lowest BCUT2D eigenvalue weighted by molar-refractivity contribution is 0.162. The maximum absolute atomic E-state index is 5.56. The topological polar surface area (TPSA) is 46.1 Å². The molecular weight excluding hydrogens is 453 g/mol. The van der Waals surface area contributed by atoms with Crippen molar-refractivity contribution in [1.29, 1.82) is 0 Å². The third-order valence-corrected chi connectivity index (χ3v) is 5.20. The minimum atomic E-state index is 0. The van der Waals surface area contributed by atoms with Crippen LogP contribution in [-0.4, -0.2) is 57.4 Å². The van der Waals surface area contributed by atoms with Crippen molar-refractivity contribution < 1.29 is 9.47 Å². The number of guanidine groups is 1. The molecule has 5 nitrogen and oxygen atoms in total. The average Bonchev–Trinajstić information content (AvgIpc) is 3.12. The standard InChI is InChI=1S/C21H31N3O2.HI/c1-4-22-20(23-15-21(2)10-13-26-16-21)24-11-8-17(9-12-24)18-6-5-7-19(14-18)25-3;/h5-8,14H,4,9-13,15-16H2,1-3H3,(H,22,23);1H. The highest BCUT2D eigenvalue weighted by atomic mass is 127. The van der Waals surface area contributed by atoms with Gasteiger partial charge in [0.05, 0.1) is 20.3 Å². The van der Waals surface area contributed by atoms with Crippen LogP contribution in [0.2, 0.25) is 0 Å². The fraction of sp³-hybridized carbons (Fsp3) is 0.571. The van der Waals surface area contributed by atoms with E-state index in [0.29, 0.717) is 0 Å². The van der Waals surface area contributed by atoms with Crippen LogP contribution in [0.25, 0.3) is 5.57 Å². The highest BCUT2D eigenvalue weighted by Gasteiger charge is 2.30. The fourth-order valence-corrected chi connectivity index (χ4v) is 3.47. The third-order valence-electron chi connectivity index (χ3n) is 5.20. The second-order valence-corrected chi connectivity index (χ2v) is 7.44. The number of hydrogen-bond acceptors (Lipinski definition) is 3. The van der Waals surface area contributed by atoms with Gasteiger partial charge in [0.1, 0.15) is 5.75 Å². The Hall–Kier alpha value is -1.28. The predicted molar refractivity (Wildman–Crippen MR) is 122 cm³/mol. The fourth-order valence-electron chi connectivity index (χ4n) is 3.47. The van der Waals surface area contributed by atoms with Gasteiger partial charge in [-0.1, -0.05) is 25.1 Å². The van der Waals surface area contributed by atoms with Crippen LogP contribution in [0.5, 0.6) is 5.75 Å². The Morgan fingerprint density at radius 2 is 2.26 bits per heavy atom. The Kier molecular flexibility index (Phi) is 8.41. The minimum absolute atomic E-state index is 0. The molecule has 2 aliphatic rings. The van der Waals surface area contributed by atoms with Crippen molar-refractivity contribution in [2.75, 3.05) is 46.5 Å². The van der Waals surface area contributed by atoms with Crippen molar-refractivity contribution >= 4 is 35.5 Å². The van der Waals surface area contributed by atoms with Crippen LogP contribution >= 0.6 is 24.0 Å². The first-order valence-corrected chi connectivity index (χ1v) is 9.58. The van der Waals surface area contributed by atoms with Crippen molar-refractivity contribution in [1.82, 2.24) is 10.2 Å². The highest BCUT2D eigenvalue weighted by molar-refractivity contribution is 14.0. The van der Waals surface area contributed by atoms with E-state index in [1.165, 1.54) is 11.1 Å². The average molecular weight is 485 g/mol. The molecule has 0 saturated carbocycles. The molecule has 1 atom stereocenters. The van der Waals surface area contributed by atoms with Gasteiger partial charge in [0, 0.05) is 31.7 Å². The molecule has 1 aromatic carbocycles. The molecule has 150 valence electrons. The van der Waals surface area contributed by atoms with Crippen LogP contribution in [-0.2, 0) is 4.74 Å². The van der Waals surface area contributed by atoms with Crippen molar-refractivity contribution in [3.8, 4) is 5.75 Å². The van der Waals surface area contributed by atoms with E-state index in [0.717, 1.165) is 63.9 Å². The zero-order valence-corrected chi connectivity index (χ0v) is 19.0. The first-order valence-electron chi connectivity index (χ1n) is 9.58. The summed E-state index contributed by atoms with van der Waals surface area (Å²) in [4.78, 5) is 7.26. The third kappa shape index (κ3) is 5.85. The van der Waals surface area contributed by atoms with Crippen LogP contribution in [0.1, 0.15) is 32.3 Å². The van der Waals surface area contributed by atoms with E-state index < -0.39 is 0 Å². The lowest BCUT2D eigenvalue weighted by Crippen LogP contribution is -2.44. The minimum Gasteiger partial charge on any atom is -0.497 e. The van der Waals surface area contributed by atoms with Gasteiger partial charge in [-0.15, -0.1) is 24.0 Å². The number of methoxy groups -OCH3 is 1. The summed E-state index contributed by atoms with van der Waals surface area (Å²) in [5, 5.41) is 3.45. The summed E-state index contributed by atoms with van der Waals surface area (Å²) in [5.41, 5.74) is 2.81. The number of nitrogens with one attached hydrogen (secondary N) is 1. The second kappa shape index (κ2) is 10.3. The molecule has 2 heterocycles. The Morgan fingerprint density at radius 1 is 1.41 bits per heavy atom. The smallest absolute Gasteiger partial charge is 0.194 e. The summed E-state index contributed by atoms with van der Waals surface area (Å²) in [5.74, 6) is 1.93. The van der Waals surface area contributed by atoms with E-state index in [1.807, 2.05) is 6.07 Å². The highest BCUT2D eigenvalue weighted by Crippen LogP contribution is 2.28. The van der Waals surface area contributed by atoms with Crippen LogP contribution in [0.3, 0.4) is 0 Å². The van der Waals surface area contributed by atoms with Crippen molar-refractivity contribution in [2.45, 2.75) is 26.7 Å². The molecule has 1 N–H and O–H groups in total. The zero-order valence-electron chi connectivity index (χ0n) is 16.7. The number of ether oxygens (including phenoxy) is 2. The summed E-state index contributed by atoms with van der Waals surface area (Å²) in [7, 11) is 1.71. The monoisotopic (exact) mass is 485 g/mol. The van der Waals surface area contributed by atoms with Crippen LogP contribution in [0, 0.1) is 5.41 Å². The predicted octanol–water partition coefficient (Wildman–Crippen LogP) is 3.79. The molecule has 1 aromatic rings. The first kappa shape index (κ1) is 22.0. The van der Waals surface area contributed by atoms with Gasteiger partial charge in [-0.3, -0.25) is 4.99 Å². The molecule has 1 unspecified atom stereocenters. The van der Waals surface area contributed by atoms with Gasteiger partial charge < -0.3 is 19.7 Å². The van der Waals surface area contributed by atoms with Crippen LogP contribution in [0.4, 0.5) is 0 Å². The maximum Gasteiger partial charge on any atom is 0.194 e. The summed E-state index contributed by atoms with van der Waals surface area (Å²) in [6.07, 6.45) is 4.42. The molecule has 0 aromatic heterocycles. The van der Waals surface area contributed by atoms with Crippen molar-refractivity contribution in [3.63, 3.8) is 0 Å². The Labute approximate surface area is 180 Å². The zero-order chi connectivity index (χ0) is 18.4. The molecule has 0 spiro atoms. The molecule has 0 aliphatic carbocycles.